The van der Waals surface area contributed by atoms with Gasteiger partial charge >= 0.3 is 0 Å². The van der Waals surface area contributed by atoms with Gasteiger partial charge in [0.1, 0.15) is 0 Å². The number of thioether (sulfide) groups is 1. The zero-order valence-corrected chi connectivity index (χ0v) is 11.7. The highest BCUT2D eigenvalue weighted by Gasteiger charge is 2.28. The summed E-state index contributed by atoms with van der Waals surface area (Å²) in [4.78, 5) is 1.49. The second-order valence-electron chi connectivity index (χ2n) is 4.85. The van der Waals surface area contributed by atoms with Crippen LogP contribution >= 0.6 is 11.8 Å². The minimum Gasteiger partial charge on any atom is -0.316 e. The summed E-state index contributed by atoms with van der Waals surface area (Å²) < 4.78 is 0. The van der Waals surface area contributed by atoms with Crippen molar-refractivity contribution in [2.24, 2.45) is 0 Å². The van der Waals surface area contributed by atoms with Gasteiger partial charge in [-0.05, 0) is 25.1 Å². The van der Waals surface area contributed by atoms with Crippen LogP contribution in [0.5, 0.6) is 0 Å². The van der Waals surface area contributed by atoms with Gasteiger partial charge in [-0.1, -0.05) is 44.4 Å². The van der Waals surface area contributed by atoms with Gasteiger partial charge in [0.15, 0.2) is 0 Å². The monoisotopic (exact) mass is 249 g/mol. The molecule has 0 spiro atoms. The Kier molecular flexibility index (Phi) is 4.93. The van der Waals surface area contributed by atoms with Crippen molar-refractivity contribution in [1.82, 2.24) is 5.32 Å². The number of rotatable bonds is 6. The minimum atomic E-state index is 0.651. The fraction of sp³-hybridized carbons (Fsp3) is 0.600. The SMILES string of the molecule is CCCCCC(NC)C1CSc2ccccc21. The van der Waals surface area contributed by atoms with Gasteiger partial charge in [-0.3, -0.25) is 0 Å². The van der Waals surface area contributed by atoms with Gasteiger partial charge in [-0.2, -0.15) is 0 Å². The molecule has 2 rings (SSSR count). The maximum Gasteiger partial charge on any atom is 0.0141 e. The molecule has 1 aromatic rings. The molecule has 2 atom stereocenters. The van der Waals surface area contributed by atoms with Gasteiger partial charge in [0.2, 0.25) is 0 Å². The third-order valence-corrected chi connectivity index (χ3v) is 4.92. The van der Waals surface area contributed by atoms with Crippen LogP contribution in [-0.4, -0.2) is 18.8 Å². The molecule has 1 aromatic carbocycles. The maximum atomic E-state index is 3.53. The number of unbranched alkanes of at least 4 members (excludes halogenated alkanes) is 2. The fourth-order valence-corrected chi connectivity index (χ4v) is 4.01. The first-order chi connectivity index (χ1) is 8.36. The normalized spacial score (nSPS) is 20.2. The molecule has 2 heteroatoms. The molecule has 0 aliphatic carbocycles. The smallest absolute Gasteiger partial charge is 0.0141 e. The predicted molar refractivity (Wildman–Crippen MR) is 76.9 cm³/mol. The highest BCUT2D eigenvalue weighted by atomic mass is 32.2. The molecule has 1 heterocycles. The Morgan fingerprint density at radius 1 is 1.35 bits per heavy atom. The topological polar surface area (TPSA) is 12.0 Å². The summed E-state index contributed by atoms with van der Waals surface area (Å²) in [6.45, 7) is 2.27. The molecule has 94 valence electrons. The van der Waals surface area contributed by atoms with E-state index < -0.39 is 0 Å². The lowest BCUT2D eigenvalue weighted by molar-refractivity contribution is 0.440. The lowest BCUT2D eigenvalue weighted by atomic mass is 9.90. The van der Waals surface area contributed by atoms with Crippen LogP contribution in [-0.2, 0) is 0 Å². The molecule has 1 aliphatic rings. The molecule has 0 radical (unpaired) electrons. The fourth-order valence-electron chi connectivity index (χ4n) is 2.68. The molecule has 2 unspecified atom stereocenters. The van der Waals surface area contributed by atoms with Gasteiger partial charge in [0.05, 0.1) is 0 Å². The average Bonchev–Trinajstić information content (AvgIpc) is 2.79. The molecule has 1 N–H and O–H groups in total. The molecule has 0 saturated heterocycles. The molecule has 0 fully saturated rings. The van der Waals surface area contributed by atoms with E-state index in [1.807, 2.05) is 11.8 Å². The van der Waals surface area contributed by atoms with Crippen molar-refractivity contribution in [3.05, 3.63) is 29.8 Å². The average molecular weight is 249 g/mol. The molecule has 1 nitrogen and oxygen atoms in total. The minimum absolute atomic E-state index is 0.651. The van der Waals surface area contributed by atoms with Crippen molar-refractivity contribution in [3.63, 3.8) is 0 Å². The standard InChI is InChI=1S/C15H23NS/c1-3-4-5-9-14(16-2)13-11-17-15-10-7-6-8-12(13)15/h6-8,10,13-14,16H,3-5,9,11H2,1-2H3. The molecule has 1 aliphatic heterocycles. The summed E-state index contributed by atoms with van der Waals surface area (Å²) in [5, 5.41) is 3.53. The lowest BCUT2D eigenvalue weighted by Gasteiger charge is -2.23. The highest BCUT2D eigenvalue weighted by Crippen LogP contribution is 2.41. The second-order valence-corrected chi connectivity index (χ2v) is 5.91. The Morgan fingerprint density at radius 2 is 2.18 bits per heavy atom. The number of hydrogen-bond donors (Lipinski definition) is 1. The number of benzene rings is 1. The summed E-state index contributed by atoms with van der Waals surface area (Å²) in [5.74, 6) is 1.95. The first kappa shape index (κ1) is 13.0. The molecular formula is C15H23NS. The van der Waals surface area contributed by atoms with Crippen LogP contribution in [0, 0.1) is 0 Å². The van der Waals surface area contributed by atoms with Gasteiger partial charge in [0.25, 0.3) is 0 Å². The van der Waals surface area contributed by atoms with Gasteiger partial charge in [0, 0.05) is 22.6 Å². The van der Waals surface area contributed by atoms with Gasteiger partial charge < -0.3 is 5.32 Å². The van der Waals surface area contributed by atoms with Crippen molar-refractivity contribution in [1.29, 1.82) is 0 Å². The largest absolute Gasteiger partial charge is 0.316 e. The van der Waals surface area contributed by atoms with Crippen LogP contribution in [0.2, 0.25) is 0 Å². The van der Waals surface area contributed by atoms with Crippen LogP contribution in [0.1, 0.15) is 44.1 Å². The van der Waals surface area contributed by atoms with E-state index in [1.54, 1.807) is 5.56 Å². The number of likely N-dealkylation sites (N-methyl/N-ethyl adjacent to an activating group) is 1. The summed E-state index contributed by atoms with van der Waals surface area (Å²) in [6.07, 6.45) is 5.33. The predicted octanol–water partition coefficient (Wildman–Crippen LogP) is 4.04. The van der Waals surface area contributed by atoms with E-state index >= 15 is 0 Å². The first-order valence-electron chi connectivity index (χ1n) is 6.75. The van der Waals surface area contributed by atoms with E-state index in [9.17, 15) is 0 Å². The van der Waals surface area contributed by atoms with Crippen LogP contribution in [0.25, 0.3) is 0 Å². The number of fused-ring (bicyclic) bond motifs is 1. The zero-order chi connectivity index (χ0) is 12.1. The molecular weight excluding hydrogens is 226 g/mol. The quantitative estimate of drug-likeness (QED) is 0.764. The van der Waals surface area contributed by atoms with E-state index in [0.29, 0.717) is 12.0 Å². The Balaban J connectivity index is 2.01. The number of nitrogens with one attached hydrogen (secondary N) is 1. The van der Waals surface area contributed by atoms with Gasteiger partial charge in [-0.25, -0.2) is 0 Å². The summed E-state index contributed by atoms with van der Waals surface area (Å²) in [6, 6.07) is 9.55. The van der Waals surface area contributed by atoms with E-state index in [-0.39, 0.29) is 0 Å². The second kappa shape index (κ2) is 6.46. The zero-order valence-electron chi connectivity index (χ0n) is 10.9. The molecule has 0 amide bonds. The molecule has 0 bridgehead atoms. The van der Waals surface area contributed by atoms with Crippen molar-refractivity contribution in [2.75, 3.05) is 12.8 Å². The third-order valence-electron chi connectivity index (χ3n) is 3.71. The Hall–Kier alpha value is -0.470. The summed E-state index contributed by atoms with van der Waals surface area (Å²) >= 11 is 2.02. The molecule has 0 aromatic heterocycles. The van der Waals surface area contributed by atoms with Crippen molar-refractivity contribution in [3.8, 4) is 0 Å². The van der Waals surface area contributed by atoms with Crippen molar-refractivity contribution >= 4 is 11.8 Å². The lowest BCUT2D eigenvalue weighted by Crippen LogP contribution is -2.32. The van der Waals surface area contributed by atoms with Crippen LogP contribution in [0.4, 0.5) is 0 Å². The van der Waals surface area contributed by atoms with Crippen LogP contribution < -0.4 is 5.32 Å². The van der Waals surface area contributed by atoms with Crippen LogP contribution in [0.15, 0.2) is 29.2 Å². The Bertz CT molecular complexity index is 351. The molecule has 17 heavy (non-hydrogen) atoms. The highest BCUT2D eigenvalue weighted by molar-refractivity contribution is 7.99. The Labute approximate surface area is 109 Å². The summed E-state index contributed by atoms with van der Waals surface area (Å²) in [7, 11) is 2.11. The van der Waals surface area contributed by atoms with Crippen molar-refractivity contribution < 1.29 is 0 Å². The maximum absolute atomic E-state index is 3.53. The Morgan fingerprint density at radius 3 is 2.94 bits per heavy atom. The molecule has 0 saturated carbocycles. The first-order valence-corrected chi connectivity index (χ1v) is 7.74. The van der Waals surface area contributed by atoms with E-state index in [1.165, 1.54) is 36.3 Å². The van der Waals surface area contributed by atoms with Crippen molar-refractivity contribution in [2.45, 2.75) is 49.5 Å². The third kappa shape index (κ3) is 3.05. The van der Waals surface area contributed by atoms with Gasteiger partial charge in [-0.15, -0.1) is 11.8 Å². The summed E-state index contributed by atoms with van der Waals surface area (Å²) in [5.41, 5.74) is 1.56. The number of hydrogen-bond acceptors (Lipinski definition) is 2. The van der Waals surface area contributed by atoms with E-state index in [4.69, 9.17) is 0 Å². The van der Waals surface area contributed by atoms with Crippen LogP contribution in [0.3, 0.4) is 0 Å². The van der Waals surface area contributed by atoms with E-state index in [0.717, 1.165) is 0 Å². The van der Waals surface area contributed by atoms with E-state index in [2.05, 4.69) is 43.6 Å².